The first-order valence-corrected chi connectivity index (χ1v) is 17.4. The maximum atomic E-state index is 13.0. The van der Waals surface area contributed by atoms with E-state index in [2.05, 4.69) is 38.9 Å². The lowest BCUT2D eigenvalue weighted by Crippen LogP contribution is -2.36. The van der Waals surface area contributed by atoms with E-state index in [4.69, 9.17) is 24.2 Å². The van der Waals surface area contributed by atoms with Gasteiger partial charge in [-0.15, -0.1) is 0 Å². The first kappa shape index (κ1) is 32.0. The Morgan fingerprint density at radius 1 is 0.780 bits per heavy atom. The smallest absolute Gasteiger partial charge is 0.410 e. The van der Waals surface area contributed by atoms with Gasteiger partial charge in [-0.2, -0.15) is 0 Å². The highest BCUT2D eigenvalue weighted by Crippen LogP contribution is 2.45. The fraction of sp³-hybridized carbons (Fsp3) is 0.421. The van der Waals surface area contributed by atoms with Gasteiger partial charge in [-0.3, -0.25) is 9.80 Å². The van der Waals surface area contributed by atoms with Gasteiger partial charge in [0.15, 0.2) is 11.5 Å². The molecule has 2 aromatic carbocycles. The van der Waals surface area contributed by atoms with Crippen molar-refractivity contribution in [1.82, 2.24) is 34.3 Å². The zero-order chi connectivity index (χ0) is 34.9. The molecule has 2 atom stereocenters. The van der Waals surface area contributed by atoms with Crippen molar-refractivity contribution >= 4 is 23.1 Å². The summed E-state index contributed by atoms with van der Waals surface area (Å²) in [5, 5.41) is 1.02. The van der Waals surface area contributed by atoms with E-state index < -0.39 is 11.2 Å². The van der Waals surface area contributed by atoms with Gasteiger partial charge in [0.2, 0.25) is 0 Å². The van der Waals surface area contributed by atoms with Gasteiger partial charge in [0.1, 0.15) is 22.9 Å². The first-order chi connectivity index (χ1) is 23.8. The average Bonchev–Trinajstić information content (AvgIpc) is 3.89. The van der Waals surface area contributed by atoms with Crippen LogP contribution in [0.1, 0.15) is 91.0 Å². The van der Waals surface area contributed by atoms with Crippen LogP contribution in [0.3, 0.4) is 0 Å². The molecular weight excluding hydrogens is 634 g/mol. The average molecular weight is 678 g/mol. The summed E-state index contributed by atoms with van der Waals surface area (Å²) in [6.07, 6.45) is 8.55. The minimum atomic E-state index is -0.562. The summed E-state index contributed by atoms with van der Waals surface area (Å²) < 4.78 is 19.9. The van der Waals surface area contributed by atoms with E-state index in [0.29, 0.717) is 13.1 Å². The number of nitrogens with one attached hydrogen (secondary N) is 2. The lowest BCUT2D eigenvalue weighted by atomic mass is 10.1. The highest BCUT2D eigenvalue weighted by atomic mass is 16.6. The van der Waals surface area contributed by atoms with Crippen LogP contribution in [0.4, 0.5) is 9.59 Å². The van der Waals surface area contributed by atoms with Crippen molar-refractivity contribution in [3.8, 4) is 39.7 Å². The number of nitrogens with zero attached hydrogens (tertiary/aromatic N) is 5. The van der Waals surface area contributed by atoms with Crippen molar-refractivity contribution in [2.45, 2.75) is 90.5 Å². The zero-order valence-electron chi connectivity index (χ0n) is 29.4. The Kier molecular flexibility index (Phi) is 7.46. The van der Waals surface area contributed by atoms with Crippen molar-refractivity contribution in [2.75, 3.05) is 13.1 Å². The number of hydrogen-bond donors (Lipinski definition) is 2. The van der Waals surface area contributed by atoms with Crippen LogP contribution in [0.2, 0.25) is 0 Å². The van der Waals surface area contributed by atoms with E-state index in [0.717, 1.165) is 87.9 Å². The van der Waals surface area contributed by atoms with Crippen molar-refractivity contribution < 1.29 is 23.8 Å². The molecule has 50 heavy (non-hydrogen) atoms. The molecule has 12 nitrogen and oxygen atoms in total. The van der Waals surface area contributed by atoms with Gasteiger partial charge in [-0.05, 0) is 104 Å². The normalized spacial score (nSPS) is 18.8. The predicted molar refractivity (Wildman–Crippen MR) is 188 cm³/mol. The van der Waals surface area contributed by atoms with Gasteiger partial charge >= 0.3 is 12.2 Å². The zero-order valence-corrected chi connectivity index (χ0v) is 29.4. The molecule has 260 valence electrons. The molecule has 8 rings (SSSR count). The number of benzene rings is 2. The van der Waals surface area contributed by atoms with E-state index in [-0.39, 0.29) is 24.3 Å². The van der Waals surface area contributed by atoms with Crippen molar-refractivity contribution in [3.05, 3.63) is 66.6 Å². The fourth-order valence-corrected chi connectivity index (χ4v) is 7.30. The molecule has 3 aliphatic heterocycles. The van der Waals surface area contributed by atoms with Crippen molar-refractivity contribution in [2.24, 2.45) is 0 Å². The molecule has 6 heterocycles. The minimum absolute atomic E-state index is 0.161. The molecule has 0 bridgehead atoms. The standard InChI is InChI=1S/C38H43N7O5/c1-37(2,3)49-35(46)44-16-7-9-27(44)33-39-20-25(41-33)22-11-13-30-29(19-22)43-18-15-24-23(12-14-31(48-30)32(24)43)26-21-40-34(42-26)28-10-8-17-45(28)36(47)50-38(4,5)6/h11-15,18-21,27-28H,7-10,16-17H2,1-6H3,(H,39,41)(H,40,42)/t27-,28-/m0/s1. The van der Waals surface area contributed by atoms with Gasteiger partial charge in [0, 0.05) is 35.8 Å². The second-order valence-corrected chi connectivity index (χ2v) is 15.4. The van der Waals surface area contributed by atoms with E-state index in [1.165, 1.54) is 0 Å². The molecule has 3 aliphatic rings. The molecule has 0 unspecified atom stereocenters. The Morgan fingerprint density at radius 3 is 1.98 bits per heavy atom. The second-order valence-electron chi connectivity index (χ2n) is 15.4. The third-order valence-corrected chi connectivity index (χ3v) is 9.43. The Bertz CT molecular complexity index is 2110. The van der Waals surface area contributed by atoms with Gasteiger partial charge in [-0.1, -0.05) is 0 Å². The van der Waals surface area contributed by atoms with E-state index in [1.54, 1.807) is 9.80 Å². The van der Waals surface area contributed by atoms with Crippen LogP contribution in [0.25, 0.3) is 39.1 Å². The summed E-state index contributed by atoms with van der Waals surface area (Å²) in [6.45, 7) is 12.6. The van der Waals surface area contributed by atoms with E-state index >= 15 is 0 Å². The summed E-state index contributed by atoms with van der Waals surface area (Å²) in [5.74, 6) is 3.03. The number of carbonyl (C=O) groups excluding carboxylic acids is 2. The number of amides is 2. The molecule has 2 fully saturated rings. The lowest BCUT2D eigenvalue weighted by Gasteiger charge is -2.27. The molecule has 0 spiro atoms. The number of aromatic nitrogens is 5. The van der Waals surface area contributed by atoms with Crippen LogP contribution in [0, 0.1) is 0 Å². The number of H-pyrrole nitrogens is 2. The molecular formula is C38H43N7O5. The van der Waals surface area contributed by atoms with Gasteiger partial charge in [-0.25, -0.2) is 19.6 Å². The van der Waals surface area contributed by atoms with Crippen LogP contribution in [0.15, 0.2) is 55.0 Å². The van der Waals surface area contributed by atoms with Gasteiger partial charge < -0.3 is 28.7 Å². The highest BCUT2D eigenvalue weighted by Gasteiger charge is 2.36. The van der Waals surface area contributed by atoms with Crippen LogP contribution < -0.4 is 4.74 Å². The Hall–Kier alpha value is -5.26. The minimum Gasteiger partial charge on any atom is -0.453 e. The van der Waals surface area contributed by atoms with E-state index in [9.17, 15) is 9.59 Å². The monoisotopic (exact) mass is 677 g/mol. The number of fused-ring (bicyclic) bond motifs is 2. The predicted octanol–water partition coefficient (Wildman–Crippen LogP) is 8.66. The number of carbonyl (C=O) groups is 2. The molecule has 12 heteroatoms. The number of imidazole rings is 2. The molecule has 2 amide bonds. The lowest BCUT2D eigenvalue weighted by molar-refractivity contribution is 0.0208. The topological polar surface area (TPSA) is 131 Å². The van der Waals surface area contributed by atoms with Crippen LogP contribution in [-0.4, -0.2) is 70.8 Å². The van der Waals surface area contributed by atoms with Crippen molar-refractivity contribution in [3.63, 3.8) is 0 Å². The second kappa shape index (κ2) is 11.7. The highest BCUT2D eigenvalue weighted by molar-refractivity contribution is 6.00. The van der Waals surface area contributed by atoms with E-state index in [1.807, 2.05) is 72.1 Å². The Balaban J connectivity index is 1.07. The van der Waals surface area contributed by atoms with Crippen LogP contribution in [0.5, 0.6) is 11.5 Å². The molecule has 3 aromatic heterocycles. The number of ether oxygens (including phenoxy) is 3. The summed E-state index contributed by atoms with van der Waals surface area (Å²) in [7, 11) is 0. The number of likely N-dealkylation sites (tertiary alicyclic amines) is 2. The Labute approximate surface area is 290 Å². The number of rotatable bonds is 4. The maximum Gasteiger partial charge on any atom is 0.410 e. The summed E-state index contributed by atoms with van der Waals surface area (Å²) in [5.41, 5.74) is 4.44. The third-order valence-electron chi connectivity index (χ3n) is 9.43. The first-order valence-electron chi connectivity index (χ1n) is 17.4. The molecule has 2 N–H and O–H groups in total. The molecule has 0 saturated carbocycles. The SMILES string of the molecule is CC(C)(C)OC(=O)N1CCC[C@H]1c1ncc(-c2ccc3c(c2)-n2ccc4c(-c5cnc([C@@H]6CCCN6C(=O)OC(C)(C)C)[nH]5)ccc(c42)O3)[nH]1. The quantitative estimate of drug-likeness (QED) is 0.191. The molecule has 5 aromatic rings. The molecule has 0 radical (unpaired) electrons. The fourth-order valence-electron chi connectivity index (χ4n) is 7.30. The number of aromatic amines is 2. The van der Waals surface area contributed by atoms with Crippen molar-refractivity contribution in [1.29, 1.82) is 0 Å². The Morgan fingerprint density at radius 2 is 1.36 bits per heavy atom. The van der Waals surface area contributed by atoms with Gasteiger partial charge in [0.25, 0.3) is 0 Å². The summed E-state index contributed by atoms with van der Waals surface area (Å²) >= 11 is 0. The van der Waals surface area contributed by atoms with Crippen LogP contribution in [-0.2, 0) is 9.47 Å². The molecule has 0 aliphatic carbocycles. The molecule has 2 saturated heterocycles. The number of hydrogen-bond acceptors (Lipinski definition) is 7. The third kappa shape index (κ3) is 5.76. The summed E-state index contributed by atoms with van der Waals surface area (Å²) in [6, 6.07) is 11.9. The van der Waals surface area contributed by atoms with Gasteiger partial charge in [0.05, 0.1) is 47.1 Å². The maximum absolute atomic E-state index is 13.0. The van der Waals surface area contributed by atoms with Crippen LogP contribution >= 0.6 is 0 Å². The largest absolute Gasteiger partial charge is 0.453 e. The summed E-state index contributed by atoms with van der Waals surface area (Å²) in [4.78, 5) is 45.9.